The van der Waals surface area contributed by atoms with Gasteiger partial charge in [0.1, 0.15) is 0 Å². The third kappa shape index (κ3) is 8.06. The molecule has 1 heterocycles. The van der Waals surface area contributed by atoms with Gasteiger partial charge in [-0.1, -0.05) is 30.9 Å². The summed E-state index contributed by atoms with van der Waals surface area (Å²) in [6.07, 6.45) is -10.0. The normalized spacial score (nSPS) is 19.2. The molecule has 4 rings (SSSR count). The number of aryl methyl sites for hydroxylation is 2. The first kappa shape index (κ1) is 32.3. The van der Waals surface area contributed by atoms with Gasteiger partial charge in [-0.3, -0.25) is 14.6 Å². The molecule has 1 atom stereocenters. The van der Waals surface area contributed by atoms with Gasteiger partial charge >= 0.3 is 18.5 Å². The highest BCUT2D eigenvalue weighted by Gasteiger charge is 2.38. The van der Waals surface area contributed by atoms with Crippen molar-refractivity contribution in [3.63, 3.8) is 0 Å². The van der Waals surface area contributed by atoms with Gasteiger partial charge in [-0.2, -0.15) is 39.5 Å². The Morgan fingerprint density at radius 1 is 0.738 bits per heavy atom. The van der Waals surface area contributed by atoms with Crippen LogP contribution < -0.4 is 0 Å². The molecule has 2 aliphatic rings. The number of hydrogen-bond donors (Lipinski definition) is 0. The fourth-order valence-electron chi connectivity index (χ4n) is 6.11. The highest BCUT2D eigenvalue weighted by Crippen LogP contribution is 2.38. The predicted molar refractivity (Wildman–Crippen MR) is 139 cm³/mol. The molecule has 2 fully saturated rings. The van der Waals surface area contributed by atoms with Gasteiger partial charge in [0.15, 0.2) is 5.78 Å². The van der Waals surface area contributed by atoms with Crippen LogP contribution in [0.5, 0.6) is 0 Å². The van der Waals surface area contributed by atoms with E-state index >= 15 is 0 Å². The van der Waals surface area contributed by atoms with Gasteiger partial charge < -0.3 is 0 Å². The largest absolute Gasteiger partial charge is 0.416 e. The maximum absolute atomic E-state index is 13.7. The molecule has 1 unspecified atom stereocenters. The molecule has 0 N–H and O–H groups in total. The SMILES string of the molecule is Cc1cc(C(C(=O)CCc2cc(C(F)(F)F)cc(C(F)(F)F)c2)N2CCN(C3CCCCC3)CC2)cc(C(F)(F)F)c1. The number of ketones is 1. The second-order valence-electron chi connectivity index (χ2n) is 11.3. The Kier molecular flexibility index (Phi) is 9.66. The van der Waals surface area contributed by atoms with E-state index in [1.54, 1.807) is 4.90 Å². The van der Waals surface area contributed by atoms with E-state index in [1.165, 1.54) is 19.4 Å². The summed E-state index contributed by atoms with van der Waals surface area (Å²) < 4.78 is 121. The van der Waals surface area contributed by atoms with Crippen molar-refractivity contribution in [1.82, 2.24) is 9.80 Å². The molecule has 0 bridgehead atoms. The third-order valence-corrected chi connectivity index (χ3v) is 8.16. The van der Waals surface area contributed by atoms with Crippen LogP contribution in [-0.2, 0) is 29.7 Å². The standard InChI is InChI=1S/C30H33F9N2O/c1-19-13-21(17-22(14-19)28(31,32)33)27(41-11-9-40(10-12-41)25-5-3-2-4-6-25)26(42)8-7-20-15-23(29(34,35)36)18-24(16-20)30(37,38)39/h13-18,25,27H,2-12H2,1H3. The number of hydrogen-bond acceptors (Lipinski definition) is 3. The van der Waals surface area contributed by atoms with Crippen molar-refractivity contribution in [2.75, 3.05) is 26.2 Å². The second kappa shape index (κ2) is 12.6. The minimum absolute atomic E-state index is 0.0192. The Labute approximate surface area is 238 Å². The van der Waals surface area contributed by atoms with E-state index in [9.17, 15) is 44.3 Å². The summed E-state index contributed by atoms with van der Waals surface area (Å²) in [6.45, 7) is 3.47. The van der Waals surface area contributed by atoms with Crippen LogP contribution in [0.15, 0.2) is 36.4 Å². The molecular weight excluding hydrogens is 575 g/mol. The number of halogens is 9. The fraction of sp³-hybridized carbons (Fsp3) is 0.567. The zero-order valence-electron chi connectivity index (χ0n) is 23.1. The number of Topliss-reactive ketones (excluding diaryl/α,β-unsaturated/α-hetero) is 1. The van der Waals surface area contributed by atoms with Gasteiger partial charge in [-0.15, -0.1) is 0 Å². The van der Waals surface area contributed by atoms with Gasteiger partial charge in [-0.05, 0) is 67.6 Å². The van der Waals surface area contributed by atoms with Crippen molar-refractivity contribution >= 4 is 5.78 Å². The van der Waals surface area contributed by atoms with Crippen molar-refractivity contribution in [2.24, 2.45) is 0 Å². The summed E-state index contributed by atoms with van der Waals surface area (Å²) in [7, 11) is 0. The lowest BCUT2D eigenvalue weighted by molar-refractivity contribution is -0.143. The molecule has 232 valence electrons. The minimum atomic E-state index is -5.03. The molecule has 1 saturated heterocycles. The van der Waals surface area contributed by atoms with Gasteiger partial charge in [0.2, 0.25) is 0 Å². The number of rotatable bonds is 7. The van der Waals surface area contributed by atoms with Crippen molar-refractivity contribution in [3.8, 4) is 0 Å². The number of carbonyl (C=O) groups excluding carboxylic acids is 1. The Morgan fingerprint density at radius 3 is 1.79 bits per heavy atom. The van der Waals surface area contributed by atoms with Crippen molar-refractivity contribution in [3.05, 3.63) is 69.8 Å². The van der Waals surface area contributed by atoms with E-state index in [1.807, 2.05) is 0 Å². The number of nitrogens with zero attached hydrogens (tertiary/aromatic N) is 2. The predicted octanol–water partition coefficient (Wildman–Crippen LogP) is 8.24. The lowest BCUT2D eigenvalue weighted by Crippen LogP contribution is -2.52. The van der Waals surface area contributed by atoms with E-state index in [2.05, 4.69) is 4.90 Å². The minimum Gasteiger partial charge on any atom is -0.298 e. The summed E-state index contributed by atoms with van der Waals surface area (Å²) in [5.41, 5.74) is -3.83. The molecule has 2 aromatic carbocycles. The van der Waals surface area contributed by atoms with E-state index in [-0.39, 0.29) is 22.8 Å². The van der Waals surface area contributed by atoms with Crippen LogP contribution in [0.4, 0.5) is 39.5 Å². The Hall–Kier alpha value is -2.60. The molecule has 3 nitrogen and oxygen atoms in total. The Bertz CT molecular complexity index is 1210. The maximum atomic E-state index is 13.7. The van der Waals surface area contributed by atoms with Crippen molar-refractivity contribution < 1.29 is 44.3 Å². The van der Waals surface area contributed by atoms with E-state index < -0.39 is 59.9 Å². The smallest absolute Gasteiger partial charge is 0.298 e. The molecule has 2 aromatic rings. The number of alkyl halides is 9. The average Bonchev–Trinajstić information content (AvgIpc) is 2.91. The Morgan fingerprint density at radius 2 is 1.26 bits per heavy atom. The summed E-state index contributed by atoms with van der Waals surface area (Å²) >= 11 is 0. The van der Waals surface area contributed by atoms with Crippen LogP contribution in [0.2, 0.25) is 0 Å². The molecule has 1 saturated carbocycles. The van der Waals surface area contributed by atoms with E-state index in [0.29, 0.717) is 44.4 Å². The van der Waals surface area contributed by atoms with Crippen molar-refractivity contribution in [1.29, 1.82) is 0 Å². The maximum Gasteiger partial charge on any atom is 0.416 e. The van der Waals surface area contributed by atoms with Gasteiger partial charge in [0, 0.05) is 38.6 Å². The molecule has 0 aromatic heterocycles. The van der Waals surface area contributed by atoms with Crippen molar-refractivity contribution in [2.45, 2.75) is 82.5 Å². The first-order valence-corrected chi connectivity index (χ1v) is 14.0. The number of piperazine rings is 1. The number of benzene rings is 2. The lowest BCUT2D eigenvalue weighted by atomic mass is 9.91. The van der Waals surface area contributed by atoms with E-state index in [4.69, 9.17) is 0 Å². The van der Waals surface area contributed by atoms with Crippen LogP contribution in [-0.4, -0.2) is 47.8 Å². The van der Waals surface area contributed by atoms with Crippen LogP contribution in [0.1, 0.15) is 77.9 Å². The number of carbonyl (C=O) groups is 1. The molecule has 1 aliphatic carbocycles. The van der Waals surface area contributed by atoms with Crippen LogP contribution in [0, 0.1) is 6.92 Å². The zero-order chi connectivity index (χ0) is 30.9. The van der Waals surface area contributed by atoms with Crippen LogP contribution in [0.25, 0.3) is 0 Å². The van der Waals surface area contributed by atoms with Crippen LogP contribution in [0.3, 0.4) is 0 Å². The van der Waals surface area contributed by atoms with Gasteiger partial charge in [0.05, 0.1) is 22.7 Å². The monoisotopic (exact) mass is 608 g/mol. The summed E-state index contributed by atoms with van der Waals surface area (Å²) in [6, 6.07) is 3.83. The molecule has 42 heavy (non-hydrogen) atoms. The highest BCUT2D eigenvalue weighted by atomic mass is 19.4. The highest BCUT2D eigenvalue weighted by molar-refractivity contribution is 5.85. The van der Waals surface area contributed by atoms with Gasteiger partial charge in [-0.25, -0.2) is 0 Å². The second-order valence-corrected chi connectivity index (χ2v) is 11.3. The van der Waals surface area contributed by atoms with Gasteiger partial charge in [0.25, 0.3) is 0 Å². The average molecular weight is 609 g/mol. The molecular formula is C30H33F9N2O. The first-order chi connectivity index (χ1) is 19.5. The molecule has 0 amide bonds. The first-order valence-electron chi connectivity index (χ1n) is 14.0. The molecule has 0 spiro atoms. The molecule has 0 radical (unpaired) electrons. The summed E-state index contributed by atoms with van der Waals surface area (Å²) in [5, 5.41) is 0. The topological polar surface area (TPSA) is 23.6 Å². The van der Waals surface area contributed by atoms with Crippen LogP contribution >= 0.6 is 0 Å². The lowest BCUT2D eigenvalue weighted by Gasteiger charge is -2.43. The quantitative estimate of drug-likeness (QED) is 0.296. The fourth-order valence-corrected chi connectivity index (χ4v) is 6.11. The molecule has 1 aliphatic heterocycles. The zero-order valence-corrected chi connectivity index (χ0v) is 23.1. The summed E-state index contributed by atoms with van der Waals surface area (Å²) in [4.78, 5) is 17.8. The van der Waals surface area contributed by atoms with E-state index in [0.717, 1.165) is 37.8 Å². The Balaban J connectivity index is 1.60. The summed E-state index contributed by atoms with van der Waals surface area (Å²) in [5.74, 6) is -0.564. The third-order valence-electron chi connectivity index (χ3n) is 8.16. The molecule has 12 heteroatoms.